The van der Waals surface area contributed by atoms with Crippen LogP contribution in [-0.2, 0) is 9.59 Å². The molecule has 1 aromatic heterocycles. The second-order valence-electron chi connectivity index (χ2n) is 6.13. The van der Waals surface area contributed by atoms with Crippen molar-refractivity contribution < 1.29 is 14.7 Å². The molecule has 0 aliphatic heterocycles. The van der Waals surface area contributed by atoms with E-state index in [0.29, 0.717) is 10.6 Å². The summed E-state index contributed by atoms with van der Waals surface area (Å²) in [6, 6.07) is 9.73. The smallest absolute Gasteiger partial charge is 0.303 e. The molecule has 6 heteroatoms. The van der Waals surface area contributed by atoms with Crippen molar-refractivity contribution in [3.63, 3.8) is 0 Å². The average molecular weight is 366 g/mol. The third-order valence-electron chi connectivity index (χ3n) is 4.37. The summed E-state index contributed by atoms with van der Waals surface area (Å²) in [6.45, 7) is 0. The summed E-state index contributed by atoms with van der Waals surface area (Å²) in [4.78, 5) is 27.4. The van der Waals surface area contributed by atoms with Gasteiger partial charge in [0.15, 0.2) is 6.04 Å². The highest BCUT2D eigenvalue weighted by Crippen LogP contribution is 2.32. The Hall–Kier alpha value is -2.96. The molecule has 26 heavy (non-hydrogen) atoms. The van der Waals surface area contributed by atoms with E-state index in [2.05, 4.69) is 22.7 Å². The Bertz CT molecular complexity index is 820. The first-order valence-electron chi connectivity index (χ1n) is 8.37. The van der Waals surface area contributed by atoms with Crippen LogP contribution in [0.2, 0.25) is 0 Å². The quantitative estimate of drug-likeness (QED) is 0.800. The molecule has 0 saturated heterocycles. The maximum atomic E-state index is 13.1. The Kier molecular flexibility index (Phi) is 5.46. The summed E-state index contributed by atoms with van der Waals surface area (Å²) >= 11 is 1.21. The number of nitrogens with zero attached hydrogens (tertiary/aromatic N) is 1. The number of nitrogens with one attached hydrogen (secondary N) is 1. The van der Waals surface area contributed by atoms with E-state index in [4.69, 9.17) is 6.42 Å². The van der Waals surface area contributed by atoms with Gasteiger partial charge in [-0.25, -0.2) is 0 Å². The van der Waals surface area contributed by atoms with E-state index in [1.807, 2.05) is 0 Å². The zero-order chi connectivity index (χ0) is 18.5. The molecule has 1 saturated carbocycles. The van der Waals surface area contributed by atoms with Crippen LogP contribution >= 0.6 is 11.3 Å². The molecule has 0 radical (unpaired) electrons. The number of terminal acetylenes is 1. The fourth-order valence-corrected chi connectivity index (χ4v) is 3.85. The number of benzene rings is 1. The minimum Gasteiger partial charge on any atom is -0.508 e. The van der Waals surface area contributed by atoms with Gasteiger partial charge in [0.25, 0.3) is 0 Å². The number of aromatic hydroxyl groups is 1. The molecule has 1 aliphatic rings. The van der Waals surface area contributed by atoms with Crippen LogP contribution in [0.25, 0.3) is 0 Å². The maximum Gasteiger partial charge on any atom is 0.303 e. The lowest BCUT2D eigenvalue weighted by Gasteiger charge is -2.29. The van der Waals surface area contributed by atoms with Gasteiger partial charge in [0.1, 0.15) is 5.75 Å². The third kappa shape index (κ3) is 3.82. The van der Waals surface area contributed by atoms with Gasteiger partial charge in [0.2, 0.25) is 5.91 Å². The van der Waals surface area contributed by atoms with Gasteiger partial charge in [0.05, 0.1) is 4.88 Å². The van der Waals surface area contributed by atoms with Gasteiger partial charge >= 0.3 is 5.91 Å². The van der Waals surface area contributed by atoms with Crippen molar-refractivity contribution in [2.75, 3.05) is 4.90 Å². The Labute approximate surface area is 156 Å². The van der Waals surface area contributed by atoms with Crippen LogP contribution in [0.15, 0.2) is 30.3 Å². The summed E-state index contributed by atoms with van der Waals surface area (Å²) in [5.41, 5.74) is 0.355. The lowest BCUT2D eigenvalue weighted by atomic mass is 10.1. The lowest BCUT2D eigenvalue weighted by molar-refractivity contribution is -0.125. The largest absolute Gasteiger partial charge is 0.508 e. The predicted octanol–water partition coefficient (Wildman–Crippen LogP) is 2.82. The highest BCUT2D eigenvalue weighted by molar-refractivity contribution is 7.09. The first kappa shape index (κ1) is 17.8. The number of phenols is 1. The molecule has 0 spiro atoms. The van der Waals surface area contributed by atoms with E-state index in [1.54, 1.807) is 18.2 Å². The van der Waals surface area contributed by atoms with Crippen LogP contribution in [0.3, 0.4) is 0 Å². The van der Waals surface area contributed by atoms with Gasteiger partial charge < -0.3 is 10.4 Å². The summed E-state index contributed by atoms with van der Waals surface area (Å²) in [5.74, 6) is 1.11. The van der Waals surface area contributed by atoms with Gasteiger partial charge in [-0.3, -0.25) is 14.5 Å². The highest BCUT2D eigenvalue weighted by atomic mass is 32.1. The zero-order valence-corrected chi connectivity index (χ0v) is 14.9. The van der Waals surface area contributed by atoms with E-state index in [0.717, 1.165) is 25.7 Å². The van der Waals surface area contributed by atoms with Crippen LogP contribution < -0.4 is 10.2 Å². The van der Waals surface area contributed by atoms with Gasteiger partial charge in [-0.2, -0.15) is 0 Å². The fourth-order valence-electron chi connectivity index (χ4n) is 3.17. The van der Waals surface area contributed by atoms with E-state index < -0.39 is 11.9 Å². The summed E-state index contributed by atoms with van der Waals surface area (Å²) < 4.78 is 0. The Morgan fingerprint density at radius 3 is 2.77 bits per heavy atom. The van der Waals surface area contributed by atoms with E-state index in [-0.39, 0.29) is 17.7 Å². The minimum absolute atomic E-state index is 0.0171. The van der Waals surface area contributed by atoms with Gasteiger partial charge in [-0.15, -0.1) is 6.42 Å². The van der Waals surface area contributed by atoms with Crippen LogP contribution in [-0.4, -0.2) is 23.0 Å². The lowest BCUT2D eigenvalue weighted by Crippen LogP contribution is -2.45. The SMILES string of the molecule is C#CC(=O)N(c1cccc(O)c1)C(C(=O)NC1CCCC1)c1cc#cs1. The molecule has 132 valence electrons. The van der Waals surface area contributed by atoms with Crippen molar-refractivity contribution >= 4 is 28.8 Å². The molecular formula is C20H18N2O3S. The predicted molar refractivity (Wildman–Crippen MR) is 99.6 cm³/mol. The molecular weight excluding hydrogens is 348 g/mol. The molecule has 0 bridgehead atoms. The number of hydrogen-bond acceptors (Lipinski definition) is 4. The van der Waals surface area contributed by atoms with Gasteiger partial charge in [-0.05, 0) is 36.3 Å². The second kappa shape index (κ2) is 7.95. The van der Waals surface area contributed by atoms with Crippen molar-refractivity contribution in [3.05, 3.63) is 46.7 Å². The molecule has 1 aliphatic carbocycles. The number of rotatable bonds is 5. The molecule has 1 atom stereocenters. The third-order valence-corrected chi connectivity index (χ3v) is 5.17. The standard InChI is InChI=1S/C20H18N2O3S/c1-2-18(24)22(15-9-5-10-16(23)13-15)19(17-11-6-12-26-17)20(25)21-14-7-3-4-8-14/h1,5,9-11,13-14,19,23H,3-4,7-8H2,(H,21,25). The molecule has 1 unspecified atom stereocenters. The van der Waals surface area contributed by atoms with Crippen LogP contribution in [0.1, 0.15) is 36.6 Å². The highest BCUT2D eigenvalue weighted by Gasteiger charge is 2.34. The normalized spacial score (nSPS) is 14.9. The average Bonchev–Trinajstić information content (AvgIpc) is 3.32. The summed E-state index contributed by atoms with van der Waals surface area (Å²) in [5, 5.41) is 15.7. The molecule has 2 N–H and O–H groups in total. The topological polar surface area (TPSA) is 69.6 Å². The molecule has 3 rings (SSSR count). The molecule has 1 fully saturated rings. The summed E-state index contributed by atoms with van der Waals surface area (Å²) in [7, 11) is 0. The number of carbonyl (C=O) groups is 2. The Morgan fingerprint density at radius 2 is 2.15 bits per heavy atom. The first-order valence-corrected chi connectivity index (χ1v) is 9.18. The van der Waals surface area contributed by atoms with Crippen molar-refractivity contribution in [1.29, 1.82) is 0 Å². The first-order chi connectivity index (χ1) is 12.6. The molecule has 2 aromatic rings. The molecule has 2 amide bonds. The molecule has 5 nitrogen and oxygen atoms in total. The van der Waals surface area contributed by atoms with Crippen molar-refractivity contribution in [2.45, 2.75) is 37.8 Å². The number of amides is 2. The Morgan fingerprint density at radius 1 is 1.38 bits per heavy atom. The van der Waals surface area contributed by atoms with Gasteiger partial charge in [-0.1, -0.05) is 36.3 Å². The van der Waals surface area contributed by atoms with E-state index in [9.17, 15) is 14.7 Å². The van der Waals surface area contributed by atoms with Crippen molar-refractivity contribution in [2.24, 2.45) is 0 Å². The number of carbonyl (C=O) groups excluding carboxylic acids is 2. The minimum atomic E-state index is -0.937. The number of hydrogen-bond donors (Lipinski definition) is 2. The second-order valence-corrected chi connectivity index (χ2v) is 7.01. The number of anilines is 1. The van der Waals surface area contributed by atoms with Crippen LogP contribution in [0.4, 0.5) is 5.69 Å². The van der Waals surface area contributed by atoms with Crippen molar-refractivity contribution in [3.8, 4) is 18.1 Å². The Balaban J connectivity index is 2.00. The van der Waals surface area contributed by atoms with E-state index >= 15 is 0 Å². The molecule has 1 aromatic carbocycles. The monoisotopic (exact) mass is 366 g/mol. The van der Waals surface area contributed by atoms with Gasteiger partial charge in [0, 0.05) is 23.9 Å². The van der Waals surface area contributed by atoms with E-state index in [1.165, 1.54) is 28.4 Å². The number of phenolic OH excluding ortho intramolecular Hbond substituents is 1. The van der Waals surface area contributed by atoms with Crippen molar-refractivity contribution in [1.82, 2.24) is 5.32 Å². The maximum absolute atomic E-state index is 13.1. The fraction of sp³-hybridized carbons (Fsp3) is 0.300. The van der Waals surface area contributed by atoms with Crippen LogP contribution in [0, 0.1) is 23.8 Å². The summed E-state index contributed by atoms with van der Waals surface area (Å²) in [6.07, 6.45) is 9.37. The molecule has 1 heterocycles. The zero-order valence-electron chi connectivity index (χ0n) is 14.1. The van der Waals surface area contributed by atoms with Crippen LogP contribution in [0.5, 0.6) is 5.75 Å².